The van der Waals surface area contributed by atoms with E-state index >= 15 is 0 Å². The zero-order valence-electron chi connectivity index (χ0n) is 10.5. The summed E-state index contributed by atoms with van der Waals surface area (Å²) in [4.78, 5) is 11.6. The average molecular weight is 261 g/mol. The molecule has 0 saturated heterocycles. The highest BCUT2D eigenvalue weighted by atomic mass is 15.1. The molecule has 0 unspecified atom stereocenters. The molecule has 3 aromatic rings. The van der Waals surface area contributed by atoms with Crippen LogP contribution < -0.4 is 5.32 Å². The summed E-state index contributed by atoms with van der Waals surface area (Å²) >= 11 is 0. The van der Waals surface area contributed by atoms with Crippen molar-refractivity contribution in [2.75, 3.05) is 5.32 Å². The number of benzene rings is 1. The first-order valence-electron chi connectivity index (χ1n) is 6.09. The van der Waals surface area contributed by atoms with Crippen LogP contribution in [-0.4, -0.2) is 15.0 Å². The Kier molecular flexibility index (Phi) is 3.13. The van der Waals surface area contributed by atoms with Gasteiger partial charge in [-0.05, 0) is 12.1 Å². The molecule has 0 aliphatic rings. The minimum Gasteiger partial charge on any atom is -0.323 e. The minimum absolute atomic E-state index is 0.429. The quantitative estimate of drug-likeness (QED) is 0.561. The fraction of sp³-hybridized carbons (Fsp3) is 0. The predicted octanol–water partition coefficient (Wildman–Crippen LogP) is 3.03. The van der Waals surface area contributed by atoms with Gasteiger partial charge in [0.25, 0.3) is 0 Å². The Morgan fingerprint density at radius 3 is 2.45 bits per heavy atom. The van der Waals surface area contributed by atoms with Gasteiger partial charge in [0.1, 0.15) is 0 Å². The number of hydrogen-bond acceptors (Lipinski definition) is 4. The highest BCUT2D eigenvalue weighted by molar-refractivity contribution is 5.79. The molecule has 0 aliphatic carbocycles. The molecule has 3 rings (SSSR count). The van der Waals surface area contributed by atoms with Crippen LogP contribution in [0.3, 0.4) is 0 Å². The Bertz CT molecular complexity index is 684. The van der Waals surface area contributed by atoms with Gasteiger partial charge in [0.05, 0.1) is 11.4 Å². The number of aromatic nitrogens is 3. The summed E-state index contributed by atoms with van der Waals surface area (Å²) in [5, 5.41) is 11.3. The lowest BCUT2D eigenvalue weighted by atomic mass is 10.1. The number of H-pyrrole nitrogens is 1. The molecule has 0 bridgehead atoms. The van der Waals surface area contributed by atoms with E-state index in [1.54, 1.807) is 12.4 Å². The Balaban J connectivity index is 2.16. The number of imidazole rings is 1. The average Bonchev–Trinajstić information content (AvgIpc) is 2.93. The van der Waals surface area contributed by atoms with Crippen LogP contribution in [0.1, 0.15) is 0 Å². The van der Waals surface area contributed by atoms with Crippen molar-refractivity contribution in [2.24, 2.45) is 0 Å². The molecule has 20 heavy (non-hydrogen) atoms. The molecule has 0 radical (unpaired) electrons. The van der Waals surface area contributed by atoms with E-state index < -0.39 is 0 Å². The van der Waals surface area contributed by atoms with Crippen molar-refractivity contribution in [1.29, 1.82) is 5.26 Å². The number of nitrogens with zero attached hydrogens (tertiary/aromatic N) is 3. The molecule has 0 fully saturated rings. The topological polar surface area (TPSA) is 77.4 Å². The second-order valence-corrected chi connectivity index (χ2v) is 4.15. The molecule has 1 aromatic carbocycles. The van der Waals surface area contributed by atoms with Gasteiger partial charge in [-0.15, -0.1) is 0 Å². The van der Waals surface area contributed by atoms with Crippen molar-refractivity contribution in [3.05, 3.63) is 54.9 Å². The molecule has 5 nitrogen and oxygen atoms in total. The number of hydrogen-bond donors (Lipinski definition) is 2. The van der Waals surface area contributed by atoms with Gasteiger partial charge < -0.3 is 4.98 Å². The largest absolute Gasteiger partial charge is 0.323 e. The first-order valence-corrected chi connectivity index (χ1v) is 6.09. The molecular formula is C15H11N5. The van der Waals surface area contributed by atoms with Crippen LogP contribution in [0.2, 0.25) is 0 Å². The van der Waals surface area contributed by atoms with Gasteiger partial charge in [0.2, 0.25) is 5.95 Å². The van der Waals surface area contributed by atoms with E-state index in [0.29, 0.717) is 5.95 Å². The third-order valence-electron chi connectivity index (χ3n) is 2.89. The van der Waals surface area contributed by atoms with Crippen molar-refractivity contribution < 1.29 is 0 Å². The summed E-state index contributed by atoms with van der Waals surface area (Å²) in [5.41, 5.74) is 3.62. The molecule has 0 amide bonds. The zero-order valence-corrected chi connectivity index (χ0v) is 10.5. The predicted molar refractivity (Wildman–Crippen MR) is 76.5 cm³/mol. The summed E-state index contributed by atoms with van der Waals surface area (Å²) in [6, 6.07) is 13.6. The second kappa shape index (κ2) is 5.24. The van der Waals surface area contributed by atoms with E-state index in [-0.39, 0.29) is 0 Å². The van der Waals surface area contributed by atoms with Crippen LogP contribution in [0.5, 0.6) is 0 Å². The van der Waals surface area contributed by atoms with E-state index in [2.05, 4.69) is 20.3 Å². The third-order valence-corrected chi connectivity index (χ3v) is 2.89. The van der Waals surface area contributed by atoms with Crippen molar-refractivity contribution in [2.45, 2.75) is 0 Å². The van der Waals surface area contributed by atoms with Gasteiger partial charge in [-0.1, -0.05) is 30.3 Å². The fourth-order valence-electron chi connectivity index (χ4n) is 2.02. The van der Waals surface area contributed by atoms with Gasteiger partial charge in [-0.3, -0.25) is 10.3 Å². The first kappa shape index (κ1) is 11.9. The lowest BCUT2D eigenvalue weighted by Gasteiger charge is -2.02. The number of pyridine rings is 1. The minimum atomic E-state index is 0.429. The van der Waals surface area contributed by atoms with Gasteiger partial charge >= 0.3 is 0 Å². The molecule has 5 heteroatoms. The van der Waals surface area contributed by atoms with Crippen LogP contribution in [0, 0.1) is 11.5 Å². The van der Waals surface area contributed by atoms with Gasteiger partial charge in [0, 0.05) is 23.5 Å². The molecule has 2 heterocycles. The lowest BCUT2D eigenvalue weighted by molar-refractivity contribution is 1.28. The lowest BCUT2D eigenvalue weighted by Crippen LogP contribution is -1.88. The maximum absolute atomic E-state index is 8.73. The van der Waals surface area contributed by atoms with E-state index in [1.807, 2.05) is 48.7 Å². The summed E-state index contributed by atoms with van der Waals surface area (Å²) in [6.07, 6.45) is 5.32. The van der Waals surface area contributed by atoms with Gasteiger partial charge in [-0.25, -0.2) is 4.98 Å². The van der Waals surface area contributed by atoms with Gasteiger partial charge in [-0.2, -0.15) is 5.26 Å². The van der Waals surface area contributed by atoms with E-state index in [9.17, 15) is 0 Å². The van der Waals surface area contributed by atoms with Crippen LogP contribution >= 0.6 is 0 Å². The third kappa shape index (κ3) is 2.22. The highest BCUT2D eigenvalue weighted by Crippen LogP contribution is 2.30. The molecule has 2 N–H and O–H groups in total. The van der Waals surface area contributed by atoms with Crippen LogP contribution in [0.15, 0.2) is 54.9 Å². The van der Waals surface area contributed by atoms with Crippen LogP contribution in [-0.2, 0) is 0 Å². The number of aromatic amines is 1. The normalized spacial score (nSPS) is 9.95. The molecular weight excluding hydrogens is 250 g/mol. The van der Waals surface area contributed by atoms with Crippen molar-refractivity contribution in [3.63, 3.8) is 0 Å². The maximum Gasteiger partial charge on any atom is 0.214 e. The van der Waals surface area contributed by atoms with Crippen molar-refractivity contribution >= 4 is 5.95 Å². The zero-order chi connectivity index (χ0) is 13.8. The Hall–Kier alpha value is -3.13. The van der Waals surface area contributed by atoms with Crippen molar-refractivity contribution in [3.8, 4) is 28.7 Å². The second-order valence-electron chi connectivity index (χ2n) is 4.15. The highest BCUT2D eigenvalue weighted by Gasteiger charge is 2.13. The van der Waals surface area contributed by atoms with Crippen LogP contribution in [0.25, 0.3) is 22.5 Å². The monoisotopic (exact) mass is 261 g/mol. The standard InChI is InChI=1S/C15H11N5/c16-10-18-15-19-13(11-4-2-1-3-5-11)14(20-15)12-6-8-17-9-7-12/h1-9H,(H2,18,19,20). The van der Waals surface area contributed by atoms with Crippen LogP contribution in [0.4, 0.5) is 5.95 Å². The van der Waals surface area contributed by atoms with Gasteiger partial charge in [0.15, 0.2) is 6.19 Å². The molecule has 0 spiro atoms. The maximum atomic E-state index is 8.73. The first-order chi connectivity index (χ1) is 9.88. The number of rotatable bonds is 3. The van der Waals surface area contributed by atoms with Crippen molar-refractivity contribution in [1.82, 2.24) is 15.0 Å². The Morgan fingerprint density at radius 1 is 1.00 bits per heavy atom. The molecule has 2 aromatic heterocycles. The number of nitriles is 1. The van der Waals surface area contributed by atoms with E-state index in [0.717, 1.165) is 22.5 Å². The summed E-state index contributed by atoms with van der Waals surface area (Å²) < 4.78 is 0. The molecule has 0 aliphatic heterocycles. The Morgan fingerprint density at radius 2 is 1.75 bits per heavy atom. The number of nitrogens with one attached hydrogen (secondary N) is 2. The van der Waals surface area contributed by atoms with E-state index in [4.69, 9.17) is 5.26 Å². The Labute approximate surface area is 116 Å². The SMILES string of the molecule is N#CNc1nc(-c2ccccc2)c(-c2ccncc2)[nH]1. The smallest absolute Gasteiger partial charge is 0.214 e. The number of anilines is 1. The van der Waals surface area contributed by atoms with E-state index in [1.165, 1.54) is 0 Å². The molecule has 0 saturated carbocycles. The fourth-order valence-corrected chi connectivity index (χ4v) is 2.02. The molecule has 0 atom stereocenters. The molecule has 96 valence electrons. The summed E-state index contributed by atoms with van der Waals surface area (Å²) in [6.45, 7) is 0. The summed E-state index contributed by atoms with van der Waals surface area (Å²) in [7, 11) is 0. The summed E-state index contributed by atoms with van der Waals surface area (Å²) in [5.74, 6) is 0.429.